The van der Waals surface area contributed by atoms with Gasteiger partial charge in [-0.05, 0) is 42.9 Å². The first-order valence-corrected chi connectivity index (χ1v) is 12.3. The number of amides is 1. The van der Waals surface area contributed by atoms with Crippen molar-refractivity contribution in [3.8, 4) is 11.5 Å². The van der Waals surface area contributed by atoms with E-state index in [9.17, 15) is 9.90 Å². The minimum absolute atomic E-state index is 0.121. The molecule has 0 radical (unpaired) electrons. The fourth-order valence-corrected chi connectivity index (χ4v) is 4.83. The van der Waals surface area contributed by atoms with E-state index < -0.39 is 0 Å². The van der Waals surface area contributed by atoms with Gasteiger partial charge in [-0.15, -0.1) is 0 Å². The zero-order valence-electron chi connectivity index (χ0n) is 21.0. The van der Waals surface area contributed by atoms with Crippen LogP contribution in [0.4, 0.5) is 5.69 Å². The highest BCUT2D eigenvalue weighted by Gasteiger charge is 2.37. The molecule has 35 heavy (non-hydrogen) atoms. The van der Waals surface area contributed by atoms with E-state index in [4.69, 9.17) is 14.5 Å². The molecule has 0 aromatic heterocycles. The third-order valence-electron chi connectivity index (χ3n) is 6.76. The van der Waals surface area contributed by atoms with Gasteiger partial charge in [0, 0.05) is 25.2 Å². The molecule has 0 saturated carbocycles. The SMILES string of the molecule is COc1cccc(OC)c1N1C(O)=C(C(=O)N2CCC(c3ccccc3)C2)C=N[C@H]1CCC(C)C. The Labute approximate surface area is 207 Å². The molecule has 2 atom stereocenters. The Balaban J connectivity index is 1.67. The van der Waals surface area contributed by atoms with E-state index in [1.807, 2.05) is 36.4 Å². The van der Waals surface area contributed by atoms with Crippen molar-refractivity contribution >= 4 is 17.8 Å². The fourth-order valence-electron chi connectivity index (χ4n) is 4.83. The van der Waals surface area contributed by atoms with Crippen LogP contribution in [0.2, 0.25) is 0 Å². The van der Waals surface area contributed by atoms with Crippen LogP contribution in [0.1, 0.15) is 44.6 Å². The van der Waals surface area contributed by atoms with E-state index in [-0.39, 0.29) is 29.4 Å². The van der Waals surface area contributed by atoms with Crippen molar-refractivity contribution in [1.82, 2.24) is 4.90 Å². The summed E-state index contributed by atoms with van der Waals surface area (Å²) in [5, 5.41) is 11.5. The average molecular weight is 478 g/mol. The Hall–Kier alpha value is -3.48. The molecule has 7 heteroatoms. The molecule has 2 heterocycles. The topological polar surface area (TPSA) is 74.6 Å². The van der Waals surface area contributed by atoms with Crippen LogP contribution in [0.15, 0.2) is 65.0 Å². The third kappa shape index (κ3) is 5.14. The van der Waals surface area contributed by atoms with Gasteiger partial charge in [0.25, 0.3) is 5.91 Å². The van der Waals surface area contributed by atoms with E-state index in [2.05, 4.69) is 26.0 Å². The number of benzene rings is 2. The van der Waals surface area contributed by atoms with Crippen LogP contribution < -0.4 is 14.4 Å². The molecule has 2 aromatic carbocycles. The molecule has 4 rings (SSSR count). The van der Waals surface area contributed by atoms with Crippen molar-refractivity contribution in [3.05, 3.63) is 65.6 Å². The van der Waals surface area contributed by atoms with Gasteiger partial charge in [0.05, 0.1) is 14.2 Å². The zero-order chi connectivity index (χ0) is 24.9. The van der Waals surface area contributed by atoms with Gasteiger partial charge >= 0.3 is 0 Å². The van der Waals surface area contributed by atoms with E-state index in [0.29, 0.717) is 42.6 Å². The summed E-state index contributed by atoms with van der Waals surface area (Å²) in [6.45, 7) is 5.56. The largest absolute Gasteiger partial charge is 0.494 e. The number of aliphatic hydroxyl groups excluding tert-OH is 1. The molecular formula is C28H35N3O4. The zero-order valence-corrected chi connectivity index (χ0v) is 21.0. The molecule has 0 spiro atoms. The summed E-state index contributed by atoms with van der Waals surface area (Å²) in [5.41, 5.74) is 1.98. The van der Waals surface area contributed by atoms with Crippen molar-refractivity contribution in [2.45, 2.75) is 45.2 Å². The smallest absolute Gasteiger partial charge is 0.260 e. The number of aliphatic hydroxyl groups is 1. The summed E-state index contributed by atoms with van der Waals surface area (Å²) in [4.78, 5) is 21.8. The minimum Gasteiger partial charge on any atom is -0.494 e. The van der Waals surface area contributed by atoms with Crippen LogP contribution in [0.5, 0.6) is 11.5 Å². The highest BCUT2D eigenvalue weighted by atomic mass is 16.5. The van der Waals surface area contributed by atoms with E-state index in [1.54, 1.807) is 24.0 Å². The molecule has 1 N–H and O–H groups in total. The number of nitrogens with zero attached hydrogens (tertiary/aromatic N) is 3. The molecule has 1 unspecified atom stereocenters. The highest BCUT2D eigenvalue weighted by molar-refractivity contribution is 6.13. The first-order valence-electron chi connectivity index (χ1n) is 12.3. The maximum Gasteiger partial charge on any atom is 0.260 e. The number of hydrogen-bond donors (Lipinski definition) is 1. The molecular weight excluding hydrogens is 442 g/mol. The van der Waals surface area contributed by atoms with E-state index in [0.717, 1.165) is 12.8 Å². The molecule has 1 fully saturated rings. The Bertz CT molecular complexity index is 1070. The molecule has 0 aliphatic carbocycles. The fraction of sp³-hybridized carbons (Fsp3) is 0.429. The van der Waals surface area contributed by atoms with E-state index >= 15 is 0 Å². The molecule has 1 saturated heterocycles. The molecule has 186 valence electrons. The maximum atomic E-state index is 13.6. The highest BCUT2D eigenvalue weighted by Crippen LogP contribution is 2.43. The monoisotopic (exact) mass is 477 g/mol. The first-order chi connectivity index (χ1) is 16.9. The summed E-state index contributed by atoms with van der Waals surface area (Å²) >= 11 is 0. The lowest BCUT2D eigenvalue weighted by Crippen LogP contribution is -2.41. The molecule has 2 aromatic rings. The normalized spacial score (nSPS) is 20.0. The predicted molar refractivity (Wildman–Crippen MR) is 138 cm³/mol. The molecule has 1 amide bonds. The quantitative estimate of drug-likeness (QED) is 0.570. The Morgan fingerprint density at radius 3 is 2.40 bits per heavy atom. The number of methoxy groups -OCH3 is 2. The van der Waals surface area contributed by atoms with Gasteiger partial charge in [-0.3, -0.25) is 14.7 Å². The minimum atomic E-state index is -0.380. The number of carbonyl (C=O) groups is 1. The lowest BCUT2D eigenvalue weighted by molar-refractivity contribution is -0.125. The number of hydrogen-bond acceptors (Lipinski definition) is 6. The number of ether oxygens (including phenoxy) is 2. The van der Waals surface area contributed by atoms with Gasteiger partial charge in [0.1, 0.15) is 28.9 Å². The maximum absolute atomic E-state index is 13.6. The average Bonchev–Trinajstić information content (AvgIpc) is 3.37. The van der Waals surface area contributed by atoms with Gasteiger partial charge in [-0.25, -0.2) is 0 Å². The first kappa shape index (κ1) is 24.6. The lowest BCUT2D eigenvalue weighted by atomic mass is 9.99. The van der Waals surface area contributed by atoms with Gasteiger partial charge < -0.3 is 19.5 Å². The number of likely N-dealkylation sites (tertiary alicyclic amines) is 1. The summed E-state index contributed by atoms with van der Waals surface area (Å²) in [6.07, 6.45) is 3.67. The molecule has 0 bridgehead atoms. The van der Waals surface area contributed by atoms with E-state index in [1.165, 1.54) is 11.8 Å². The van der Waals surface area contributed by atoms with Crippen molar-refractivity contribution in [3.63, 3.8) is 0 Å². The van der Waals surface area contributed by atoms with Crippen LogP contribution >= 0.6 is 0 Å². The van der Waals surface area contributed by atoms with Crippen LogP contribution in [0.3, 0.4) is 0 Å². The summed E-state index contributed by atoms with van der Waals surface area (Å²) in [7, 11) is 3.16. The predicted octanol–water partition coefficient (Wildman–Crippen LogP) is 5.14. The van der Waals surface area contributed by atoms with Gasteiger partial charge in [0.2, 0.25) is 5.88 Å². The van der Waals surface area contributed by atoms with Crippen molar-refractivity contribution in [1.29, 1.82) is 0 Å². The van der Waals surface area contributed by atoms with Gasteiger partial charge in [-0.1, -0.05) is 50.2 Å². The number of rotatable bonds is 8. The molecule has 7 nitrogen and oxygen atoms in total. The Morgan fingerprint density at radius 1 is 1.09 bits per heavy atom. The van der Waals surface area contributed by atoms with Crippen LogP contribution in [-0.2, 0) is 4.79 Å². The second-order valence-electron chi connectivity index (χ2n) is 9.50. The summed E-state index contributed by atoms with van der Waals surface area (Å²) < 4.78 is 11.2. The van der Waals surface area contributed by atoms with Crippen LogP contribution in [-0.4, -0.2) is 55.6 Å². The third-order valence-corrected chi connectivity index (χ3v) is 6.76. The molecule has 2 aliphatic heterocycles. The van der Waals surface area contributed by atoms with Gasteiger partial charge in [-0.2, -0.15) is 0 Å². The van der Waals surface area contributed by atoms with Crippen molar-refractivity contribution in [2.24, 2.45) is 10.9 Å². The van der Waals surface area contributed by atoms with Crippen molar-refractivity contribution in [2.75, 3.05) is 32.2 Å². The van der Waals surface area contributed by atoms with Crippen molar-refractivity contribution < 1.29 is 19.4 Å². The van der Waals surface area contributed by atoms with Gasteiger partial charge in [0.15, 0.2) is 0 Å². The number of para-hydroxylation sites is 1. The Morgan fingerprint density at radius 2 is 1.77 bits per heavy atom. The summed E-state index contributed by atoms with van der Waals surface area (Å²) in [6, 6.07) is 15.7. The number of aliphatic imine (C=N–C) groups is 1. The second kappa shape index (κ2) is 10.8. The lowest BCUT2D eigenvalue weighted by Gasteiger charge is -2.35. The Kier molecular flexibility index (Phi) is 7.63. The van der Waals surface area contributed by atoms with Crippen LogP contribution in [0, 0.1) is 5.92 Å². The number of anilines is 1. The number of carbonyl (C=O) groups excluding carboxylic acids is 1. The summed E-state index contributed by atoms with van der Waals surface area (Å²) in [5.74, 6) is 1.50. The van der Waals surface area contributed by atoms with Crippen LogP contribution in [0.25, 0.3) is 0 Å². The standard InChI is InChI=1S/C28H35N3O4/c1-19(2)13-14-25-29-17-22(27(32)30-16-15-21(18-30)20-9-6-5-7-10-20)28(33)31(25)26-23(34-3)11-8-12-24(26)35-4/h5-12,17,19,21,25,33H,13-16,18H2,1-4H3/t21?,25-/m1/s1. The second-order valence-corrected chi connectivity index (χ2v) is 9.50. The molecule has 2 aliphatic rings.